The standard InChI is InChI=1S/C19H17NO5/c1-22-13-6-4-12(5-7-13)10-15(19(21)24-3)18-20-16-9-8-14(23-2)11-17(16)25-18/h4-11H,1-3H3/b15-10-. The monoisotopic (exact) mass is 339 g/mol. The van der Waals surface area contributed by atoms with Gasteiger partial charge >= 0.3 is 5.97 Å². The number of fused-ring (bicyclic) bond motifs is 1. The Hall–Kier alpha value is -3.28. The molecule has 0 aliphatic heterocycles. The first-order chi connectivity index (χ1) is 12.1. The van der Waals surface area contributed by atoms with Crippen molar-refractivity contribution in [3.8, 4) is 11.5 Å². The minimum atomic E-state index is -0.533. The lowest BCUT2D eigenvalue weighted by Crippen LogP contribution is -2.04. The van der Waals surface area contributed by atoms with Crippen LogP contribution in [0.15, 0.2) is 46.9 Å². The largest absolute Gasteiger partial charge is 0.497 e. The van der Waals surface area contributed by atoms with Crippen molar-refractivity contribution in [1.82, 2.24) is 4.98 Å². The topological polar surface area (TPSA) is 70.8 Å². The van der Waals surface area contributed by atoms with Gasteiger partial charge in [0.05, 0.1) is 21.3 Å². The second-order valence-electron chi connectivity index (χ2n) is 5.18. The van der Waals surface area contributed by atoms with Crippen LogP contribution in [0, 0.1) is 0 Å². The van der Waals surface area contributed by atoms with E-state index in [1.165, 1.54) is 7.11 Å². The van der Waals surface area contributed by atoms with Crippen LogP contribution in [0.4, 0.5) is 0 Å². The van der Waals surface area contributed by atoms with Crippen molar-refractivity contribution < 1.29 is 23.4 Å². The van der Waals surface area contributed by atoms with Gasteiger partial charge in [-0.15, -0.1) is 0 Å². The normalized spacial score (nSPS) is 11.4. The number of nitrogens with zero attached hydrogens (tertiary/aromatic N) is 1. The molecule has 25 heavy (non-hydrogen) atoms. The van der Waals surface area contributed by atoms with Crippen LogP contribution in [0.3, 0.4) is 0 Å². The molecule has 0 spiro atoms. The van der Waals surface area contributed by atoms with E-state index in [9.17, 15) is 4.79 Å². The van der Waals surface area contributed by atoms with Gasteiger partial charge in [-0.2, -0.15) is 0 Å². The molecule has 0 unspecified atom stereocenters. The second kappa shape index (κ2) is 7.09. The Morgan fingerprint density at radius 3 is 2.32 bits per heavy atom. The molecule has 1 heterocycles. The number of carbonyl (C=O) groups is 1. The third-order valence-electron chi connectivity index (χ3n) is 3.66. The number of oxazole rings is 1. The summed E-state index contributed by atoms with van der Waals surface area (Å²) in [5.41, 5.74) is 2.17. The van der Waals surface area contributed by atoms with E-state index in [0.717, 1.165) is 11.3 Å². The van der Waals surface area contributed by atoms with Gasteiger partial charge in [0.1, 0.15) is 22.6 Å². The highest BCUT2D eigenvalue weighted by Gasteiger charge is 2.19. The smallest absolute Gasteiger partial charge is 0.343 e. The van der Waals surface area contributed by atoms with Crippen LogP contribution in [0.5, 0.6) is 11.5 Å². The summed E-state index contributed by atoms with van der Waals surface area (Å²) in [5, 5.41) is 0. The van der Waals surface area contributed by atoms with Crippen molar-refractivity contribution in [3.63, 3.8) is 0 Å². The third kappa shape index (κ3) is 3.47. The van der Waals surface area contributed by atoms with Gasteiger partial charge in [0, 0.05) is 6.07 Å². The molecule has 0 radical (unpaired) electrons. The molecule has 0 N–H and O–H groups in total. The van der Waals surface area contributed by atoms with Crippen molar-refractivity contribution in [3.05, 3.63) is 53.9 Å². The van der Waals surface area contributed by atoms with Gasteiger partial charge in [-0.1, -0.05) is 12.1 Å². The number of hydrogen-bond acceptors (Lipinski definition) is 6. The van der Waals surface area contributed by atoms with E-state index in [4.69, 9.17) is 18.6 Å². The molecule has 0 atom stereocenters. The summed E-state index contributed by atoms with van der Waals surface area (Å²) >= 11 is 0. The lowest BCUT2D eigenvalue weighted by Gasteiger charge is -2.03. The van der Waals surface area contributed by atoms with Gasteiger partial charge in [0.15, 0.2) is 5.58 Å². The number of aromatic nitrogens is 1. The molecular formula is C19H17NO5. The van der Waals surface area contributed by atoms with Gasteiger partial charge < -0.3 is 18.6 Å². The maximum Gasteiger partial charge on any atom is 0.343 e. The number of esters is 1. The van der Waals surface area contributed by atoms with Crippen molar-refractivity contribution >= 4 is 28.7 Å². The van der Waals surface area contributed by atoms with Crippen LogP contribution in [0.1, 0.15) is 11.5 Å². The number of methoxy groups -OCH3 is 3. The zero-order valence-corrected chi connectivity index (χ0v) is 14.1. The number of benzene rings is 2. The molecule has 0 saturated carbocycles. The quantitative estimate of drug-likeness (QED) is 0.523. The van der Waals surface area contributed by atoms with Crippen LogP contribution < -0.4 is 9.47 Å². The molecule has 3 aromatic rings. The first-order valence-corrected chi connectivity index (χ1v) is 7.53. The van der Waals surface area contributed by atoms with E-state index < -0.39 is 5.97 Å². The number of hydrogen-bond donors (Lipinski definition) is 0. The van der Waals surface area contributed by atoms with Crippen LogP contribution in [0.25, 0.3) is 22.7 Å². The average Bonchev–Trinajstić information content (AvgIpc) is 3.08. The predicted octanol–water partition coefficient (Wildman–Crippen LogP) is 3.56. The highest BCUT2D eigenvalue weighted by molar-refractivity contribution is 6.20. The molecule has 0 fully saturated rings. The molecule has 0 bridgehead atoms. The highest BCUT2D eigenvalue weighted by atomic mass is 16.5. The molecule has 0 saturated heterocycles. The van der Waals surface area contributed by atoms with E-state index >= 15 is 0 Å². The Labute approximate surface area is 144 Å². The lowest BCUT2D eigenvalue weighted by atomic mass is 10.1. The summed E-state index contributed by atoms with van der Waals surface area (Å²) in [5.74, 6) is 1.03. The Bertz CT molecular complexity index is 925. The van der Waals surface area contributed by atoms with E-state index in [-0.39, 0.29) is 11.5 Å². The second-order valence-corrected chi connectivity index (χ2v) is 5.18. The van der Waals surface area contributed by atoms with Crippen molar-refractivity contribution in [2.24, 2.45) is 0 Å². The van der Waals surface area contributed by atoms with E-state index in [1.54, 1.807) is 50.6 Å². The molecular weight excluding hydrogens is 322 g/mol. The molecule has 0 amide bonds. The highest BCUT2D eigenvalue weighted by Crippen LogP contribution is 2.27. The van der Waals surface area contributed by atoms with Crippen LogP contribution in [0.2, 0.25) is 0 Å². The SMILES string of the molecule is COC(=O)/C(=C\c1ccc(OC)cc1)c1nc2ccc(OC)cc2o1. The summed E-state index contributed by atoms with van der Waals surface area (Å²) in [6.07, 6.45) is 1.66. The van der Waals surface area contributed by atoms with Crippen molar-refractivity contribution in [2.75, 3.05) is 21.3 Å². The zero-order valence-electron chi connectivity index (χ0n) is 14.1. The Kier molecular flexibility index (Phi) is 4.70. The zero-order chi connectivity index (χ0) is 17.8. The first-order valence-electron chi connectivity index (χ1n) is 7.53. The Morgan fingerprint density at radius 1 is 1.00 bits per heavy atom. The maximum absolute atomic E-state index is 12.2. The fourth-order valence-corrected chi connectivity index (χ4v) is 2.33. The summed E-state index contributed by atoms with van der Waals surface area (Å²) in [7, 11) is 4.48. The average molecular weight is 339 g/mol. The van der Waals surface area contributed by atoms with Gasteiger partial charge in [-0.05, 0) is 35.9 Å². The molecule has 6 heteroatoms. The molecule has 0 aliphatic rings. The fourth-order valence-electron chi connectivity index (χ4n) is 2.33. The molecule has 2 aromatic carbocycles. The molecule has 3 rings (SSSR count). The number of carbonyl (C=O) groups excluding carboxylic acids is 1. The third-order valence-corrected chi connectivity index (χ3v) is 3.66. The van der Waals surface area contributed by atoms with E-state index in [2.05, 4.69) is 4.98 Å². The Morgan fingerprint density at radius 2 is 1.68 bits per heavy atom. The first kappa shape index (κ1) is 16.6. The maximum atomic E-state index is 12.2. The van der Waals surface area contributed by atoms with Crippen LogP contribution in [-0.4, -0.2) is 32.3 Å². The lowest BCUT2D eigenvalue weighted by molar-refractivity contribution is -0.133. The molecule has 0 aliphatic carbocycles. The Balaban J connectivity index is 2.05. The fraction of sp³-hybridized carbons (Fsp3) is 0.158. The van der Waals surface area contributed by atoms with Gasteiger partial charge in [0.2, 0.25) is 5.89 Å². The summed E-state index contributed by atoms with van der Waals surface area (Å²) in [6, 6.07) is 12.5. The van der Waals surface area contributed by atoms with Crippen molar-refractivity contribution in [1.29, 1.82) is 0 Å². The molecule has 6 nitrogen and oxygen atoms in total. The number of rotatable bonds is 5. The molecule has 128 valence electrons. The summed E-state index contributed by atoms with van der Waals surface area (Å²) in [6.45, 7) is 0. The van der Waals surface area contributed by atoms with Crippen LogP contribution >= 0.6 is 0 Å². The van der Waals surface area contributed by atoms with Gasteiger partial charge in [0.25, 0.3) is 0 Å². The summed E-state index contributed by atoms with van der Waals surface area (Å²) in [4.78, 5) is 16.6. The minimum Gasteiger partial charge on any atom is -0.497 e. The van der Waals surface area contributed by atoms with Gasteiger partial charge in [-0.3, -0.25) is 0 Å². The van der Waals surface area contributed by atoms with E-state index in [1.807, 2.05) is 12.1 Å². The molecule has 1 aromatic heterocycles. The summed E-state index contributed by atoms with van der Waals surface area (Å²) < 4.78 is 20.9. The van der Waals surface area contributed by atoms with Crippen molar-refractivity contribution in [2.45, 2.75) is 0 Å². The van der Waals surface area contributed by atoms with Gasteiger partial charge in [-0.25, -0.2) is 9.78 Å². The minimum absolute atomic E-state index is 0.186. The number of ether oxygens (including phenoxy) is 3. The van der Waals surface area contributed by atoms with E-state index in [0.29, 0.717) is 16.8 Å². The van der Waals surface area contributed by atoms with Crippen LogP contribution in [-0.2, 0) is 9.53 Å². The predicted molar refractivity (Wildman–Crippen MR) is 93.4 cm³/mol.